The van der Waals surface area contributed by atoms with Crippen LogP contribution < -0.4 is 11.1 Å². The maximum atomic E-state index is 11.8. The zero-order chi connectivity index (χ0) is 12.3. The molecule has 0 saturated heterocycles. The molecule has 0 aliphatic rings. The van der Waals surface area contributed by atoms with Crippen molar-refractivity contribution >= 4 is 17.4 Å². The van der Waals surface area contributed by atoms with Gasteiger partial charge in [-0.25, -0.2) is 0 Å². The molecule has 0 saturated carbocycles. The van der Waals surface area contributed by atoms with E-state index in [1.165, 1.54) is 6.20 Å². The number of hydrogen-bond acceptors (Lipinski definition) is 4. The molecule has 7 heteroatoms. The minimum Gasteiger partial charge on any atom is -0.409 e. The van der Waals surface area contributed by atoms with E-state index in [-0.39, 0.29) is 11.7 Å². The van der Waals surface area contributed by atoms with Crippen molar-refractivity contribution in [3.05, 3.63) is 12.4 Å². The number of amidine groups is 1. The lowest BCUT2D eigenvalue weighted by atomic mass is 9.91. The van der Waals surface area contributed by atoms with E-state index in [9.17, 15) is 4.79 Å². The maximum Gasteiger partial charge on any atom is 0.237 e. The molecule has 1 aromatic heterocycles. The summed E-state index contributed by atoms with van der Waals surface area (Å²) in [7, 11) is 1.74. The van der Waals surface area contributed by atoms with Crippen molar-refractivity contribution in [2.45, 2.75) is 13.8 Å². The average Bonchev–Trinajstić information content (AvgIpc) is 2.62. The van der Waals surface area contributed by atoms with Crippen molar-refractivity contribution in [3.8, 4) is 0 Å². The van der Waals surface area contributed by atoms with Gasteiger partial charge in [-0.1, -0.05) is 5.16 Å². The van der Waals surface area contributed by atoms with Gasteiger partial charge < -0.3 is 16.3 Å². The number of aromatic nitrogens is 2. The number of rotatable bonds is 3. The van der Waals surface area contributed by atoms with E-state index < -0.39 is 5.41 Å². The smallest absolute Gasteiger partial charge is 0.237 e. The Labute approximate surface area is 92.9 Å². The number of carbonyl (C=O) groups is 1. The van der Waals surface area contributed by atoms with Crippen LogP contribution in [-0.4, -0.2) is 26.7 Å². The molecule has 88 valence electrons. The Morgan fingerprint density at radius 3 is 2.75 bits per heavy atom. The van der Waals surface area contributed by atoms with E-state index in [2.05, 4.69) is 15.6 Å². The van der Waals surface area contributed by atoms with Crippen molar-refractivity contribution in [1.29, 1.82) is 0 Å². The Kier molecular flexibility index (Phi) is 3.17. The number of hydrogen-bond donors (Lipinski definition) is 3. The summed E-state index contributed by atoms with van der Waals surface area (Å²) in [5, 5.41) is 17.9. The van der Waals surface area contributed by atoms with Crippen LogP contribution >= 0.6 is 0 Å². The van der Waals surface area contributed by atoms with Crippen LogP contribution in [0, 0.1) is 5.41 Å². The first-order valence-corrected chi connectivity index (χ1v) is 4.66. The van der Waals surface area contributed by atoms with Gasteiger partial charge in [0.05, 0.1) is 11.9 Å². The highest BCUT2D eigenvalue weighted by Gasteiger charge is 2.33. The third-order valence-corrected chi connectivity index (χ3v) is 2.28. The zero-order valence-corrected chi connectivity index (χ0v) is 9.43. The van der Waals surface area contributed by atoms with E-state index in [1.807, 2.05) is 0 Å². The van der Waals surface area contributed by atoms with Crippen LogP contribution in [-0.2, 0) is 11.8 Å². The number of nitrogens with two attached hydrogens (primary N) is 1. The lowest BCUT2D eigenvalue weighted by Crippen LogP contribution is -2.42. The fourth-order valence-corrected chi connectivity index (χ4v) is 1.01. The molecule has 1 heterocycles. The third-order valence-electron chi connectivity index (χ3n) is 2.28. The molecule has 0 fully saturated rings. The molecule has 4 N–H and O–H groups in total. The molecular weight excluding hydrogens is 210 g/mol. The summed E-state index contributed by atoms with van der Waals surface area (Å²) in [6.07, 6.45) is 3.17. The van der Waals surface area contributed by atoms with Crippen LogP contribution in [0.5, 0.6) is 0 Å². The maximum absolute atomic E-state index is 11.8. The molecule has 16 heavy (non-hydrogen) atoms. The summed E-state index contributed by atoms with van der Waals surface area (Å²) in [6.45, 7) is 3.13. The van der Waals surface area contributed by atoms with Crippen molar-refractivity contribution in [2.75, 3.05) is 5.32 Å². The quantitative estimate of drug-likeness (QED) is 0.294. The predicted octanol–water partition coefficient (Wildman–Crippen LogP) is 0.131. The molecule has 0 aliphatic heterocycles. The minimum atomic E-state index is -1.08. The second-order valence-electron chi connectivity index (χ2n) is 3.97. The molecule has 0 aromatic carbocycles. The van der Waals surface area contributed by atoms with Gasteiger partial charge in [0.2, 0.25) is 5.91 Å². The number of aryl methyl sites for hydroxylation is 1. The molecule has 1 aromatic rings. The monoisotopic (exact) mass is 225 g/mol. The normalized spacial score (nSPS) is 12.6. The highest BCUT2D eigenvalue weighted by atomic mass is 16.4. The topological polar surface area (TPSA) is 106 Å². The summed E-state index contributed by atoms with van der Waals surface area (Å²) < 4.78 is 1.56. The lowest BCUT2D eigenvalue weighted by Gasteiger charge is -2.21. The largest absolute Gasteiger partial charge is 0.409 e. The summed E-state index contributed by atoms with van der Waals surface area (Å²) >= 11 is 0. The number of carbonyl (C=O) groups excluding carboxylic acids is 1. The molecule has 1 amide bonds. The van der Waals surface area contributed by atoms with Gasteiger partial charge in [-0.15, -0.1) is 0 Å². The summed E-state index contributed by atoms with van der Waals surface area (Å²) in [5.74, 6) is -0.510. The van der Waals surface area contributed by atoms with Crippen molar-refractivity contribution in [3.63, 3.8) is 0 Å². The Hall–Kier alpha value is -2.05. The van der Waals surface area contributed by atoms with Crippen LogP contribution in [0.15, 0.2) is 17.5 Å². The summed E-state index contributed by atoms with van der Waals surface area (Å²) in [6, 6.07) is 0. The average molecular weight is 225 g/mol. The highest BCUT2D eigenvalue weighted by Crippen LogP contribution is 2.18. The van der Waals surface area contributed by atoms with Gasteiger partial charge in [0, 0.05) is 13.2 Å². The second kappa shape index (κ2) is 4.21. The van der Waals surface area contributed by atoms with E-state index in [0.717, 1.165) is 0 Å². The molecule has 0 aliphatic carbocycles. The van der Waals surface area contributed by atoms with Crippen molar-refractivity contribution in [2.24, 2.45) is 23.4 Å². The van der Waals surface area contributed by atoms with E-state index >= 15 is 0 Å². The van der Waals surface area contributed by atoms with Crippen molar-refractivity contribution in [1.82, 2.24) is 9.78 Å². The molecule has 7 nitrogen and oxygen atoms in total. The number of nitrogens with one attached hydrogen (secondary N) is 1. The molecule has 0 radical (unpaired) electrons. The SMILES string of the molecule is Cn1cc(NC(=O)C(C)(C)C(N)=NO)cn1. The van der Waals surface area contributed by atoms with Gasteiger partial charge in [0.25, 0.3) is 0 Å². The molecule has 0 bridgehead atoms. The number of oxime groups is 1. The molecule has 0 unspecified atom stereocenters. The number of anilines is 1. The van der Waals surface area contributed by atoms with Crippen LogP contribution in [0.1, 0.15) is 13.8 Å². The first-order valence-electron chi connectivity index (χ1n) is 4.66. The highest BCUT2D eigenvalue weighted by molar-refractivity contribution is 6.11. The van der Waals surface area contributed by atoms with Gasteiger partial charge in [-0.3, -0.25) is 9.48 Å². The Balaban J connectivity index is 2.80. The van der Waals surface area contributed by atoms with Gasteiger partial charge in [-0.2, -0.15) is 5.10 Å². The van der Waals surface area contributed by atoms with Crippen LogP contribution in [0.3, 0.4) is 0 Å². The molecule has 0 spiro atoms. The predicted molar refractivity (Wildman–Crippen MR) is 59.0 cm³/mol. The van der Waals surface area contributed by atoms with Gasteiger partial charge in [-0.05, 0) is 13.8 Å². The summed E-state index contributed by atoms with van der Waals surface area (Å²) in [5.41, 5.74) is 4.91. The minimum absolute atomic E-state index is 0.145. The zero-order valence-electron chi connectivity index (χ0n) is 9.43. The Morgan fingerprint density at radius 1 is 1.69 bits per heavy atom. The summed E-state index contributed by atoms with van der Waals surface area (Å²) in [4.78, 5) is 11.8. The first-order chi connectivity index (χ1) is 7.37. The Morgan fingerprint density at radius 2 is 2.31 bits per heavy atom. The van der Waals surface area contributed by atoms with E-state index in [1.54, 1.807) is 31.8 Å². The van der Waals surface area contributed by atoms with Crippen LogP contribution in [0.4, 0.5) is 5.69 Å². The molecule has 0 atom stereocenters. The third kappa shape index (κ3) is 2.30. The standard InChI is InChI=1S/C9H15N5O2/c1-9(2,7(10)13-16)8(15)12-6-4-11-14(3)5-6/h4-5,16H,1-3H3,(H2,10,13)(H,12,15). The van der Waals surface area contributed by atoms with Gasteiger partial charge >= 0.3 is 0 Å². The van der Waals surface area contributed by atoms with E-state index in [4.69, 9.17) is 10.9 Å². The second-order valence-corrected chi connectivity index (χ2v) is 3.97. The fraction of sp³-hybridized carbons (Fsp3) is 0.444. The molecular formula is C9H15N5O2. The number of nitrogens with zero attached hydrogens (tertiary/aromatic N) is 3. The number of amides is 1. The lowest BCUT2D eigenvalue weighted by molar-refractivity contribution is -0.121. The van der Waals surface area contributed by atoms with Gasteiger partial charge in [0.15, 0.2) is 5.84 Å². The van der Waals surface area contributed by atoms with E-state index in [0.29, 0.717) is 5.69 Å². The van der Waals surface area contributed by atoms with Gasteiger partial charge in [0.1, 0.15) is 5.41 Å². The van der Waals surface area contributed by atoms with Crippen molar-refractivity contribution < 1.29 is 10.0 Å². The first kappa shape index (κ1) is 12.0. The molecule has 1 rings (SSSR count). The van der Waals surface area contributed by atoms with Crippen LogP contribution in [0.25, 0.3) is 0 Å². The fourth-order valence-electron chi connectivity index (χ4n) is 1.01. The van der Waals surface area contributed by atoms with Crippen LogP contribution in [0.2, 0.25) is 0 Å². The Bertz CT molecular complexity index is 421.